The van der Waals surface area contributed by atoms with Crippen LogP contribution in [0.25, 0.3) is 0 Å². The Bertz CT molecular complexity index is 202. The van der Waals surface area contributed by atoms with Gasteiger partial charge in [0.25, 0.3) is 0 Å². The Morgan fingerprint density at radius 2 is 1.42 bits per heavy atom. The third-order valence-corrected chi connectivity index (χ3v) is 3.22. The second kappa shape index (κ2) is 3.49. The molecule has 0 rings (SSSR count). The first kappa shape index (κ1) is 12.8. The maximum absolute atomic E-state index is 11.0. The minimum atomic E-state index is -3.44. The van der Waals surface area contributed by atoms with Crippen molar-refractivity contribution >= 4 is 28.6 Å². The van der Waals surface area contributed by atoms with Gasteiger partial charge in [0.1, 0.15) is 0 Å². The lowest BCUT2D eigenvalue weighted by Gasteiger charge is -2.38. The van der Waals surface area contributed by atoms with E-state index in [9.17, 15) is 4.57 Å². The lowest BCUT2D eigenvalue weighted by molar-refractivity contribution is 0.00905. The van der Waals surface area contributed by atoms with E-state index in [2.05, 4.69) is 0 Å². The molecule has 0 heterocycles. The summed E-state index contributed by atoms with van der Waals surface area (Å²) >= 11 is 10.6. The average molecular weight is 233 g/mol. The quantitative estimate of drug-likeness (QED) is 0.660. The van der Waals surface area contributed by atoms with Crippen LogP contribution in [0.15, 0.2) is 0 Å². The van der Waals surface area contributed by atoms with Gasteiger partial charge in [-0.1, -0.05) is 20.8 Å². The summed E-state index contributed by atoms with van der Waals surface area (Å²) in [4.78, 5) is 0. The zero-order valence-corrected chi connectivity index (χ0v) is 10.4. The van der Waals surface area contributed by atoms with E-state index in [4.69, 9.17) is 27.0 Å². The maximum atomic E-state index is 11.0. The average Bonchev–Trinajstić information content (AvgIpc) is 1.52. The van der Waals surface area contributed by atoms with Crippen LogP contribution in [0.4, 0.5) is 0 Å². The summed E-state index contributed by atoms with van der Waals surface area (Å²) in [6.07, 6.45) is -3.44. The van der Waals surface area contributed by atoms with Crippen LogP contribution in [0.5, 0.6) is 0 Å². The molecule has 0 aliphatic heterocycles. The third-order valence-electron chi connectivity index (χ3n) is 2.14. The summed E-state index contributed by atoms with van der Waals surface area (Å²) in [6.45, 7) is 9.53. The molecule has 0 radical (unpaired) electrons. The third kappa shape index (κ3) is 4.13. The van der Waals surface area contributed by atoms with Gasteiger partial charge in [-0.05, 0) is 41.7 Å². The highest BCUT2D eigenvalue weighted by atomic mass is 35.9. The fourth-order valence-electron chi connectivity index (χ4n) is 0.403. The van der Waals surface area contributed by atoms with E-state index in [1.807, 2.05) is 34.6 Å². The molecule has 0 aromatic heterocycles. The zero-order chi connectivity index (χ0) is 10.2. The monoisotopic (exact) mass is 232 g/mol. The second-order valence-electron chi connectivity index (χ2n) is 4.27. The molecular weight excluding hydrogens is 218 g/mol. The summed E-state index contributed by atoms with van der Waals surface area (Å²) in [5, 5.41) is 0. The topological polar surface area (TPSA) is 26.3 Å². The number of halogens is 2. The van der Waals surface area contributed by atoms with Crippen LogP contribution in [-0.4, -0.2) is 5.60 Å². The Hall–Kier alpha value is 0.770. The summed E-state index contributed by atoms with van der Waals surface area (Å²) in [7, 11) is 0. The minimum absolute atomic E-state index is 0.160. The summed E-state index contributed by atoms with van der Waals surface area (Å²) in [5.41, 5.74) is -0.765. The normalized spacial score (nSPS) is 14.9. The molecule has 0 aromatic carbocycles. The largest absolute Gasteiger partial charge is 0.380 e. The van der Waals surface area contributed by atoms with Crippen molar-refractivity contribution in [2.45, 2.75) is 40.2 Å². The van der Waals surface area contributed by atoms with Crippen LogP contribution < -0.4 is 0 Å². The van der Waals surface area contributed by atoms with Crippen molar-refractivity contribution in [3.8, 4) is 0 Å². The van der Waals surface area contributed by atoms with Gasteiger partial charge in [-0.25, -0.2) is 0 Å². The number of rotatable bonds is 2. The first-order valence-corrected chi connectivity index (χ1v) is 7.09. The van der Waals surface area contributed by atoms with Gasteiger partial charge >= 0.3 is 6.07 Å². The molecule has 0 N–H and O–H groups in total. The van der Waals surface area contributed by atoms with Crippen LogP contribution in [0.2, 0.25) is 0 Å². The molecule has 0 aliphatic carbocycles. The SMILES string of the molecule is CC(C)(C)C(C)(C)OP(=O)(Cl)Cl. The van der Waals surface area contributed by atoms with Crippen molar-refractivity contribution in [2.24, 2.45) is 5.41 Å². The number of hydrogen-bond acceptors (Lipinski definition) is 2. The van der Waals surface area contributed by atoms with Crippen LogP contribution in [0, 0.1) is 5.41 Å². The maximum Gasteiger partial charge on any atom is 0.380 e. The van der Waals surface area contributed by atoms with E-state index < -0.39 is 11.7 Å². The van der Waals surface area contributed by atoms with Crippen molar-refractivity contribution in [3.05, 3.63) is 0 Å². The highest BCUT2D eigenvalue weighted by Crippen LogP contribution is 2.62. The van der Waals surface area contributed by atoms with Crippen LogP contribution in [0.1, 0.15) is 34.6 Å². The van der Waals surface area contributed by atoms with Gasteiger partial charge in [-0.2, -0.15) is 0 Å². The molecule has 0 saturated heterocycles. The van der Waals surface area contributed by atoms with Crippen LogP contribution in [-0.2, 0) is 9.09 Å². The smallest absolute Gasteiger partial charge is 0.300 e. The predicted molar refractivity (Wildman–Crippen MR) is 53.9 cm³/mol. The molecule has 0 spiro atoms. The highest BCUT2D eigenvalue weighted by molar-refractivity contribution is 8.05. The van der Waals surface area contributed by atoms with E-state index in [0.717, 1.165) is 0 Å². The molecule has 5 heteroatoms. The zero-order valence-electron chi connectivity index (χ0n) is 8.02. The standard InChI is InChI=1S/C7H15Cl2O2P/c1-6(2,3)7(4,5)11-12(8,9)10/h1-5H3. The molecule has 0 aromatic rings. The molecule has 0 fully saturated rings. The summed E-state index contributed by atoms with van der Waals surface area (Å²) in [6, 6.07) is 0. The van der Waals surface area contributed by atoms with Crippen molar-refractivity contribution < 1.29 is 9.09 Å². The Balaban J connectivity index is 4.56. The predicted octanol–water partition coefficient (Wildman–Crippen LogP) is 4.41. The Morgan fingerprint density at radius 3 is 1.50 bits per heavy atom. The second-order valence-corrected chi connectivity index (χ2v) is 8.47. The fraction of sp³-hybridized carbons (Fsp3) is 1.00. The Kier molecular flexibility index (Phi) is 3.72. The summed E-state index contributed by atoms with van der Waals surface area (Å²) < 4.78 is 16.1. The van der Waals surface area contributed by atoms with E-state index in [1.54, 1.807) is 0 Å². The fourth-order valence-corrected chi connectivity index (χ4v) is 2.24. The first-order valence-electron chi connectivity index (χ1n) is 3.66. The van der Waals surface area contributed by atoms with Gasteiger partial charge in [-0.3, -0.25) is 9.09 Å². The molecule has 0 amide bonds. The Labute approximate surface area is 83.6 Å². The van der Waals surface area contributed by atoms with Crippen LogP contribution >= 0.6 is 28.6 Å². The molecule has 74 valence electrons. The van der Waals surface area contributed by atoms with E-state index >= 15 is 0 Å². The molecular formula is C7H15Cl2O2P. The Morgan fingerprint density at radius 1 is 1.08 bits per heavy atom. The van der Waals surface area contributed by atoms with Crippen molar-refractivity contribution in [1.82, 2.24) is 0 Å². The molecule has 0 bridgehead atoms. The van der Waals surface area contributed by atoms with Gasteiger partial charge in [-0.15, -0.1) is 0 Å². The molecule has 0 saturated carbocycles. The first-order chi connectivity index (χ1) is 4.96. The number of hydrogen-bond donors (Lipinski definition) is 0. The molecule has 2 nitrogen and oxygen atoms in total. The molecule has 0 unspecified atom stereocenters. The van der Waals surface area contributed by atoms with Crippen molar-refractivity contribution in [1.29, 1.82) is 0 Å². The highest BCUT2D eigenvalue weighted by Gasteiger charge is 2.38. The van der Waals surface area contributed by atoms with E-state index in [1.165, 1.54) is 0 Å². The van der Waals surface area contributed by atoms with Gasteiger partial charge in [0.15, 0.2) is 0 Å². The lowest BCUT2D eigenvalue weighted by atomic mass is 9.79. The molecule has 0 atom stereocenters. The molecule has 0 aliphatic rings. The van der Waals surface area contributed by atoms with Crippen molar-refractivity contribution in [3.63, 3.8) is 0 Å². The lowest BCUT2D eigenvalue weighted by Crippen LogP contribution is -2.37. The van der Waals surface area contributed by atoms with E-state index in [-0.39, 0.29) is 5.41 Å². The molecule has 12 heavy (non-hydrogen) atoms. The van der Waals surface area contributed by atoms with Gasteiger partial charge < -0.3 is 0 Å². The van der Waals surface area contributed by atoms with Crippen LogP contribution in [0.3, 0.4) is 0 Å². The van der Waals surface area contributed by atoms with Gasteiger partial charge in [0.2, 0.25) is 0 Å². The minimum Gasteiger partial charge on any atom is -0.300 e. The van der Waals surface area contributed by atoms with Crippen molar-refractivity contribution in [2.75, 3.05) is 0 Å². The van der Waals surface area contributed by atoms with Gasteiger partial charge in [0.05, 0.1) is 5.60 Å². The van der Waals surface area contributed by atoms with E-state index in [0.29, 0.717) is 0 Å². The summed E-state index contributed by atoms with van der Waals surface area (Å²) in [5.74, 6) is 0. The van der Waals surface area contributed by atoms with Gasteiger partial charge in [0, 0.05) is 0 Å².